The highest BCUT2D eigenvalue weighted by Crippen LogP contribution is 2.05. The van der Waals surface area contributed by atoms with Gasteiger partial charge in [0.2, 0.25) is 5.91 Å². The second-order valence-corrected chi connectivity index (χ2v) is 4.27. The van der Waals surface area contributed by atoms with E-state index in [0.717, 1.165) is 5.56 Å². The van der Waals surface area contributed by atoms with Crippen molar-refractivity contribution in [2.75, 3.05) is 6.54 Å². The standard InChI is InChI=1S/C12H16N4O2/c13-5-8-1-3-10(14-6-8)12(18)16-9-2-4-11(17)15-7-9/h1,3,6,9H,2,4-5,7,13H2,(H,15,17)(H,16,18). The van der Waals surface area contributed by atoms with E-state index in [-0.39, 0.29) is 17.9 Å². The molecule has 1 fully saturated rings. The van der Waals surface area contributed by atoms with Crippen LogP contribution in [0.2, 0.25) is 0 Å². The Hall–Kier alpha value is -1.95. The molecule has 1 aromatic rings. The van der Waals surface area contributed by atoms with Crippen molar-refractivity contribution in [1.29, 1.82) is 0 Å². The summed E-state index contributed by atoms with van der Waals surface area (Å²) in [5, 5.41) is 5.56. The first-order chi connectivity index (χ1) is 8.69. The molecule has 0 bridgehead atoms. The molecular formula is C12H16N4O2. The molecule has 2 amide bonds. The highest BCUT2D eigenvalue weighted by Gasteiger charge is 2.20. The number of nitrogens with two attached hydrogens (primary N) is 1. The van der Waals surface area contributed by atoms with Crippen molar-refractivity contribution >= 4 is 11.8 Å². The summed E-state index contributed by atoms with van der Waals surface area (Å²) in [5.74, 6) is -0.189. The number of nitrogens with zero attached hydrogens (tertiary/aromatic N) is 1. The van der Waals surface area contributed by atoms with Crippen LogP contribution in [0, 0.1) is 0 Å². The van der Waals surface area contributed by atoms with Crippen LogP contribution in [0.15, 0.2) is 18.3 Å². The number of nitrogens with one attached hydrogen (secondary N) is 2. The summed E-state index contributed by atoms with van der Waals surface area (Å²) >= 11 is 0. The van der Waals surface area contributed by atoms with E-state index in [1.165, 1.54) is 0 Å². The molecule has 0 radical (unpaired) electrons. The first kappa shape index (κ1) is 12.5. The lowest BCUT2D eigenvalue weighted by Gasteiger charge is -2.23. The summed E-state index contributed by atoms with van der Waals surface area (Å²) in [6.07, 6.45) is 2.71. The predicted molar refractivity (Wildman–Crippen MR) is 65.6 cm³/mol. The molecule has 6 nitrogen and oxygen atoms in total. The minimum atomic E-state index is -0.222. The molecule has 1 saturated heterocycles. The molecule has 0 spiro atoms. The van der Waals surface area contributed by atoms with Crippen molar-refractivity contribution < 1.29 is 9.59 Å². The van der Waals surface area contributed by atoms with Crippen molar-refractivity contribution in [3.05, 3.63) is 29.6 Å². The van der Waals surface area contributed by atoms with Crippen LogP contribution in [-0.4, -0.2) is 29.4 Å². The maximum Gasteiger partial charge on any atom is 0.270 e. The quantitative estimate of drug-likeness (QED) is 0.675. The van der Waals surface area contributed by atoms with Gasteiger partial charge in [0.15, 0.2) is 0 Å². The molecular weight excluding hydrogens is 232 g/mol. The zero-order chi connectivity index (χ0) is 13.0. The number of hydrogen-bond acceptors (Lipinski definition) is 4. The fourth-order valence-corrected chi connectivity index (χ4v) is 1.79. The summed E-state index contributed by atoms with van der Waals surface area (Å²) in [6, 6.07) is 3.41. The SMILES string of the molecule is NCc1ccc(C(=O)NC2CCC(=O)NC2)nc1. The smallest absolute Gasteiger partial charge is 0.270 e. The maximum absolute atomic E-state index is 11.9. The fraction of sp³-hybridized carbons (Fsp3) is 0.417. The highest BCUT2D eigenvalue weighted by atomic mass is 16.2. The van der Waals surface area contributed by atoms with Crippen LogP contribution in [0.25, 0.3) is 0 Å². The van der Waals surface area contributed by atoms with E-state index in [9.17, 15) is 9.59 Å². The van der Waals surface area contributed by atoms with E-state index in [2.05, 4.69) is 15.6 Å². The van der Waals surface area contributed by atoms with Crippen LogP contribution >= 0.6 is 0 Å². The number of pyridine rings is 1. The summed E-state index contributed by atoms with van der Waals surface area (Å²) in [4.78, 5) is 26.9. The van der Waals surface area contributed by atoms with E-state index >= 15 is 0 Å². The van der Waals surface area contributed by atoms with E-state index in [0.29, 0.717) is 31.6 Å². The van der Waals surface area contributed by atoms with Crippen molar-refractivity contribution in [3.63, 3.8) is 0 Å². The Labute approximate surface area is 105 Å². The van der Waals surface area contributed by atoms with Gasteiger partial charge in [-0.1, -0.05) is 6.07 Å². The number of carbonyl (C=O) groups is 2. The number of amides is 2. The van der Waals surface area contributed by atoms with Gasteiger partial charge >= 0.3 is 0 Å². The molecule has 0 aromatic carbocycles. The van der Waals surface area contributed by atoms with Crippen LogP contribution in [0.4, 0.5) is 0 Å². The zero-order valence-electron chi connectivity index (χ0n) is 9.98. The first-order valence-electron chi connectivity index (χ1n) is 5.91. The fourth-order valence-electron chi connectivity index (χ4n) is 1.79. The van der Waals surface area contributed by atoms with Crippen LogP contribution in [0.1, 0.15) is 28.9 Å². The van der Waals surface area contributed by atoms with Crippen molar-refractivity contribution in [2.24, 2.45) is 5.73 Å². The largest absolute Gasteiger partial charge is 0.354 e. The summed E-state index contributed by atoms with van der Waals surface area (Å²) < 4.78 is 0. The van der Waals surface area contributed by atoms with Gasteiger partial charge < -0.3 is 16.4 Å². The summed E-state index contributed by atoms with van der Waals surface area (Å²) in [6.45, 7) is 0.884. The second-order valence-electron chi connectivity index (χ2n) is 4.27. The van der Waals surface area contributed by atoms with Crippen LogP contribution in [-0.2, 0) is 11.3 Å². The van der Waals surface area contributed by atoms with Crippen molar-refractivity contribution in [2.45, 2.75) is 25.4 Å². The topological polar surface area (TPSA) is 97.1 Å². The van der Waals surface area contributed by atoms with E-state index in [1.807, 2.05) is 0 Å². The molecule has 2 heterocycles. The van der Waals surface area contributed by atoms with Gasteiger partial charge in [0.25, 0.3) is 5.91 Å². The predicted octanol–water partition coefficient (Wildman–Crippen LogP) is -0.451. The van der Waals surface area contributed by atoms with Gasteiger partial charge in [0.05, 0.1) is 0 Å². The van der Waals surface area contributed by atoms with Crippen molar-refractivity contribution in [3.8, 4) is 0 Å². The number of hydrogen-bond donors (Lipinski definition) is 3. The number of carbonyl (C=O) groups excluding carboxylic acids is 2. The van der Waals surface area contributed by atoms with Crippen LogP contribution < -0.4 is 16.4 Å². The van der Waals surface area contributed by atoms with Gasteiger partial charge in [-0.25, -0.2) is 0 Å². The highest BCUT2D eigenvalue weighted by molar-refractivity contribution is 5.92. The second kappa shape index (κ2) is 5.59. The Morgan fingerprint density at radius 3 is 2.94 bits per heavy atom. The van der Waals surface area contributed by atoms with Gasteiger partial charge in [0.1, 0.15) is 5.69 Å². The molecule has 1 aromatic heterocycles. The third-order valence-corrected chi connectivity index (χ3v) is 2.89. The molecule has 18 heavy (non-hydrogen) atoms. The summed E-state index contributed by atoms with van der Waals surface area (Å²) in [7, 11) is 0. The Kier molecular flexibility index (Phi) is 3.88. The van der Waals surface area contributed by atoms with Gasteiger partial charge in [-0.15, -0.1) is 0 Å². The van der Waals surface area contributed by atoms with E-state index in [1.54, 1.807) is 18.3 Å². The van der Waals surface area contributed by atoms with Gasteiger partial charge in [0, 0.05) is 31.7 Å². The average Bonchev–Trinajstić information content (AvgIpc) is 2.41. The monoisotopic (exact) mass is 248 g/mol. The summed E-state index contributed by atoms with van der Waals surface area (Å²) in [5.41, 5.74) is 6.71. The number of aromatic nitrogens is 1. The van der Waals surface area contributed by atoms with Gasteiger partial charge in [-0.3, -0.25) is 14.6 Å². The van der Waals surface area contributed by atoms with Gasteiger partial charge in [-0.05, 0) is 18.1 Å². The normalized spacial score (nSPS) is 19.2. The molecule has 96 valence electrons. The molecule has 1 aliphatic heterocycles. The lowest BCUT2D eigenvalue weighted by molar-refractivity contribution is -0.122. The van der Waals surface area contributed by atoms with Crippen molar-refractivity contribution in [1.82, 2.24) is 15.6 Å². The number of rotatable bonds is 3. The molecule has 2 rings (SSSR count). The van der Waals surface area contributed by atoms with Crippen LogP contribution in [0.5, 0.6) is 0 Å². The molecule has 6 heteroatoms. The first-order valence-corrected chi connectivity index (χ1v) is 5.91. The van der Waals surface area contributed by atoms with E-state index < -0.39 is 0 Å². The maximum atomic E-state index is 11.9. The molecule has 1 atom stereocenters. The third-order valence-electron chi connectivity index (χ3n) is 2.89. The van der Waals surface area contributed by atoms with Gasteiger partial charge in [-0.2, -0.15) is 0 Å². The Morgan fingerprint density at radius 1 is 1.56 bits per heavy atom. The third kappa shape index (κ3) is 3.04. The van der Waals surface area contributed by atoms with E-state index in [4.69, 9.17) is 5.73 Å². The molecule has 1 unspecified atom stereocenters. The lowest BCUT2D eigenvalue weighted by Crippen LogP contribution is -2.47. The Morgan fingerprint density at radius 2 is 2.39 bits per heavy atom. The molecule has 4 N–H and O–H groups in total. The average molecular weight is 248 g/mol. The molecule has 0 aliphatic carbocycles. The molecule has 1 aliphatic rings. The number of piperidine rings is 1. The van der Waals surface area contributed by atoms with Crippen LogP contribution in [0.3, 0.4) is 0 Å². The minimum absolute atomic E-state index is 0.0221. The lowest BCUT2D eigenvalue weighted by atomic mass is 10.1. The minimum Gasteiger partial charge on any atom is -0.354 e. The zero-order valence-corrected chi connectivity index (χ0v) is 9.98. The Bertz CT molecular complexity index is 434. The molecule has 0 saturated carbocycles. The Balaban J connectivity index is 1.92.